The van der Waals surface area contributed by atoms with E-state index in [1.54, 1.807) is 0 Å². The molecule has 2 saturated carbocycles. The molecule has 0 aromatic rings. The Kier molecular flexibility index (Phi) is 5.23. The smallest absolute Gasteiger partial charge is 0.0616 e. The zero-order valence-corrected chi connectivity index (χ0v) is 13.8. The Bertz CT molecular complexity index is 331. The second-order valence-corrected chi connectivity index (χ2v) is 7.85. The molecule has 0 aromatic heterocycles. The van der Waals surface area contributed by atoms with Crippen LogP contribution in [0.15, 0.2) is 0 Å². The maximum Gasteiger partial charge on any atom is 0.0616 e. The first kappa shape index (κ1) is 15.8. The Morgan fingerprint density at radius 1 is 1.19 bits per heavy atom. The Morgan fingerprint density at radius 2 is 2.05 bits per heavy atom. The lowest BCUT2D eigenvalue weighted by molar-refractivity contribution is 0.111. The highest BCUT2D eigenvalue weighted by Gasteiger charge is 2.45. The van der Waals surface area contributed by atoms with Crippen LogP contribution >= 0.6 is 0 Å². The molecular formula is C18H34N2O. The van der Waals surface area contributed by atoms with Crippen LogP contribution in [0.1, 0.15) is 64.7 Å². The second kappa shape index (κ2) is 6.97. The number of nitrogens with one attached hydrogen (secondary N) is 1. The third-order valence-corrected chi connectivity index (χ3v) is 6.17. The third-order valence-electron chi connectivity index (χ3n) is 6.17. The number of likely N-dealkylation sites (tertiary alicyclic amines) is 1. The van der Waals surface area contributed by atoms with E-state index in [9.17, 15) is 5.11 Å². The van der Waals surface area contributed by atoms with Crippen molar-refractivity contribution < 1.29 is 5.11 Å². The Morgan fingerprint density at radius 3 is 2.76 bits per heavy atom. The maximum absolute atomic E-state index is 9.99. The van der Waals surface area contributed by atoms with Crippen molar-refractivity contribution in [3.8, 4) is 0 Å². The van der Waals surface area contributed by atoms with E-state index in [0.29, 0.717) is 18.6 Å². The lowest BCUT2D eigenvalue weighted by Gasteiger charge is -2.36. The van der Waals surface area contributed by atoms with Gasteiger partial charge in [0.25, 0.3) is 0 Å². The van der Waals surface area contributed by atoms with Gasteiger partial charge in [0.05, 0.1) is 6.61 Å². The fraction of sp³-hybridized carbons (Fsp3) is 1.00. The molecule has 0 spiro atoms. The molecule has 0 amide bonds. The number of nitrogens with zero attached hydrogens (tertiary/aromatic N) is 1. The minimum absolute atomic E-state index is 0.0592. The number of aliphatic hydroxyl groups excluding tert-OH is 1. The van der Waals surface area contributed by atoms with E-state index in [1.807, 2.05) is 0 Å². The van der Waals surface area contributed by atoms with Crippen LogP contribution < -0.4 is 5.32 Å². The standard InChI is InChI=1S/C18H34N2O/c1-2-4-15-8-11-20(13-15)12-9-16-5-3-10-18(16,14-21)19-17-6-7-17/h15-17,19,21H,2-14H2,1H3. The van der Waals surface area contributed by atoms with Gasteiger partial charge in [0.1, 0.15) is 0 Å². The summed E-state index contributed by atoms with van der Waals surface area (Å²) in [4.78, 5) is 2.68. The summed E-state index contributed by atoms with van der Waals surface area (Å²) in [6.45, 7) is 6.52. The molecule has 3 nitrogen and oxygen atoms in total. The predicted octanol–water partition coefficient (Wildman–Crippen LogP) is 2.78. The molecule has 3 rings (SSSR count). The van der Waals surface area contributed by atoms with Gasteiger partial charge in [-0.15, -0.1) is 0 Å². The predicted molar refractivity (Wildman–Crippen MR) is 87.4 cm³/mol. The van der Waals surface area contributed by atoms with E-state index in [2.05, 4.69) is 17.1 Å². The molecule has 3 atom stereocenters. The third kappa shape index (κ3) is 3.80. The van der Waals surface area contributed by atoms with E-state index >= 15 is 0 Å². The summed E-state index contributed by atoms with van der Waals surface area (Å²) in [5, 5.41) is 13.8. The van der Waals surface area contributed by atoms with Crippen molar-refractivity contribution in [2.45, 2.75) is 76.3 Å². The molecule has 2 aliphatic carbocycles. The van der Waals surface area contributed by atoms with Gasteiger partial charge in [-0.1, -0.05) is 19.8 Å². The summed E-state index contributed by atoms with van der Waals surface area (Å²) in [6, 6.07) is 0.707. The van der Waals surface area contributed by atoms with Gasteiger partial charge >= 0.3 is 0 Å². The fourth-order valence-electron chi connectivity index (χ4n) is 4.74. The summed E-state index contributed by atoms with van der Waals surface area (Å²) in [5.41, 5.74) is 0.0592. The molecule has 1 saturated heterocycles. The minimum Gasteiger partial charge on any atom is -0.394 e. The molecule has 1 heterocycles. The van der Waals surface area contributed by atoms with Crippen LogP contribution in [0.3, 0.4) is 0 Å². The lowest BCUT2D eigenvalue weighted by atomic mass is 9.85. The van der Waals surface area contributed by atoms with Crippen molar-refractivity contribution in [2.24, 2.45) is 11.8 Å². The highest BCUT2D eigenvalue weighted by atomic mass is 16.3. The molecule has 3 fully saturated rings. The first-order valence-electron chi connectivity index (χ1n) is 9.36. The van der Waals surface area contributed by atoms with E-state index in [-0.39, 0.29) is 5.54 Å². The van der Waals surface area contributed by atoms with Crippen LogP contribution in [0.4, 0.5) is 0 Å². The maximum atomic E-state index is 9.99. The van der Waals surface area contributed by atoms with Crippen LogP contribution in [0.2, 0.25) is 0 Å². The van der Waals surface area contributed by atoms with Crippen LogP contribution in [-0.2, 0) is 0 Å². The van der Waals surface area contributed by atoms with Gasteiger partial charge < -0.3 is 15.3 Å². The van der Waals surface area contributed by atoms with Crippen molar-refractivity contribution in [1.82, 2.24) is 10.2 Å². The topological polar surface area (TPSA) is 35.5 Å². The molecule has 21 heavy (non-hydrogen) atoms. The molecular weight excluding hydrogens is 260 g/mol. The van der Waals surface area contributed by atoms with Crippen molar-refractivity contribution in [3.05, 3.63) is 0 Å². The van der Waals surface area contributed by atoms with Crippen LogP contribution in [-0.4, -0.2) is 47.8 Å². The molecule has 3 aliphatic rings. The van der Waals surface area contributed by atoms with Gasteiger partial charge in [0.15, 0.2) is 0 Å². The quantitative estimate of drug-likeness (QED) is 0.722. The first-order chi connectivity index (χ1) is 10.3. The highest BCUT2D eigenvalue weighted by molar-refractivity contribution is 5.03. The number of rotatable bonds is 8. The van der Waals surface area contributed by atoms with E-state index in [1.165, 1.54) is 77.4 Å². The van der Waals surface area contributed by atoms with Crippen molar-refractivity contribution in [2.75, 3.05) is 26.2 Å². The molecule has 0 radical (unpaired) electrons. The van der Waals surface area contributed by atoms with E-state index in [0.717, 1.165) is 5.92 Å². The molecule has 1 aliphatic heterocycles. The lowest BCUT2D eigenvalue weighted by Crippen LogP contribution is -2.53. The van der Waals surface area contributed by atoms with E-state index < -0.39 is 0 Å². The van der Waals surface area contributed by atoms with Gasteiger partial charge in [0.2, 0.25) is 0 Å². The van der Waals surface area contributed by atoms with Crippen LogP contribution in [0.5, 0.6) is 0 Å². The first-order valence-corrected chi connectivity index (χ1v) is 9.36. The molecule has 3 unspecified atom stereocenters. The minimum atomic E-state index is 0.0592. The zero-order chi connectivity index (χ0) is 14.7. The Balaban J connectivity index is 1.47. The van der Waals surface area contributed by atoms with Gasteiger partial charge in [-0.3, -0.25) is 0 Å². The summed E-state index contributed by atoms with van der Waals surface area (Å²) in [7, 11) is 0. The van der Waals surface area contributed by atoms with Crippen molar-refractivity contribution >= 4 is 0 Å². The van der Waals surface area contributed by atoms with Gasteiger partial charge in [0, 0.05) is 18.1 Å². The number of hydrogen-bond donors (Lipinski definition) is 2. The molecule has 3 heteroatoms. The normalized spacial score (nSPS) is 37.4. The average molecular weight is 294 g/mol. The number of aliphatic hydroxyl groups is 1. The molecule has 2 N–H and O–H groups in total. The zero-order valence-electron chi connectivity index (χ0n) is 13.8. The highest BCUT2D eigenvalue weighted by Crippen LogP contribution is 2.40. The van der Waals surface area contributed by atoms with E-state index in [4.69, 9.17) is 0 Å². The van der Waals surface area contributed by atoms with Gasteiger partial charge in [-0.2, -0.15) is 0 Å². The summed E-state index contributed by atoms with van der Waals surface area (Å²) >= 11 is 0. The monoisotopic (exact) mass is 294 g/mol. The van der Waals surface area contributed by atoms with Crippen LogP contribution in [0, 0.1) is 11.8 Å². The Hall–Kier alpha value is -0.120. The van der Waals surface area contributed by atoms with Gasteiger partial charge in [-0.05, 0) is 69.9 Å². The summed E-state index contributed by atoms with van der Waals surface area (Å²) in [5.74, 6) is 1.64. The van der Waals surface area contributed by atoms with Crippen molar-refractivity contribution in [3.63, 3.8) is 0 Å². The molecule has 0 aromatic carbocycles. The Labute approximate surface area is 130 Å². The van der Waals surface area contributed by atoms with Gasteiger partial charge in [-0.25, -0.2) is 0 Å². The summed E-state index contributed by atoms with van der Waals surface area (Å²) in [6.07, 6.45) is 11.9. The SMILES string of the molecule is CCCC1CCN(CCC2CCCC2(CO)NC2CC2)C1. The summed E-state index contributed by atoms with van der Waals surface area (Å²) < 4.78 is 0. The average Bonchev–Trinajstić information content (AvgIpc) is 3.03. The fourth-order valence-corrected chi connectivity index (χ4v) is 4.74. The number of hydrogen-bond acceptors (Lipinski definition) is 3. The molecule has 0 bridgehead atoms. The molecule has 122 valence electrons. The largest absolute Gasteiger partial charge is 0.394 e. The second-order valence-electron chi connectivity index (χ2n) is 7.85. The van der Waals surface area contributed by atoms with Crippen LogP contribution in [0.25, 0.3) is 0 Å². The van der Waals surface area contributed by atoms with Crippen molar-refractivity contribution in [1.29, 1.82) is 0 Å².